The summed E-state index contributed by atoms with van der Waals surface area (Å²) in [4.78, 5) is 0.513. The molecule has 2 heteroatoms. The van der Waals surface area contributed by atoms with Gasteiger partial charge in [-0.15, -0.1) is 11.6 Å². The highest BCUT2D eigenvalue weighted by Gasteiger charge is 1.93. The Balaban J connectivity index is 2.75. The maximum absolute atomic E-state index is 5.41. The molecule has 0 nitrogen and oxygen atoms in total. The summed E-state index contributed by atoms with van der Waals surface area (Å²) in [6, 6.07) is 0. The standard InChI is InChI=1S/C4H8BrCl/c1-2-4(5)3-6/h4H,2-3H2,1H3. The molecule has 38 valence electrons. The van der Waals surface area contributed by atoms with Crippen molar-refractivity contribution < 1.29 is 0 Å². The molecule has 6 heavy (non-hydrogen) atoms. The van der Waals surface area contributed by atoms with Gasteiger partial charge >= 0.3 is 0 Å². The topological polar surface area (TPSA) is 0 Å². The van der Waals surface area contributed by atoms with E-state index in [2.05, 4.69) is 22.9 Å². The number of rotatable bonds is 2. The van der Waals surface area contributed by atoms with Gasteiger partial charge in [0.05, 0.1) is 0 Å². The second-order valence-corrected chi connectivity index (χ2v) is 2.76. The van der Waals surface area contributed by atoms with Crippen LogP contribution in [0.1, 0.15) is 13.3 Å². The fourth-order valence-electron chi connectivity index (χ4n) is 0.109. The average molecular weight is 171 g/mol. The molecule has 0 aliphatic rings. The molecule has 0 amide bonds. The lowest BCUT2D eigenvalue weighted by molar-refractivity contribution is 0.928. The second-order valence-electron chi connectivity index (χ2n) is 1.16. The third-order valence-electron chi connectivity index (χ3n) is 0.610. The van der Waals surface area contributed by atoms with Crippen LogP contribution in [0.2, 0.25) is 0 Å². The van der Waals surface area contributed by atoms with Gasteiger partial charge in [0.2, 0.25) is 0 Å². The Hall–Kier alpha value is 0.770. The monoisotopic (exact) mass is 170 g/mol. The van der Waals surface area contributed by atoms with E-state index in [1.807, 2.05) is 0 Å². The predicted octanol–water partition coefficient (Wildman–Crippen LogP) is 2.40. The van der Waals surface area contributed by atoms with E-state index >= 15 is 0 Å². The summed E-state index contributed by atoms with van der Waals surface area (Å²) in [5.74, 6) is 0.719. The maximum atomic E-state index is 5.41. The van der Waals surface area contributed by atoms with E-state index in [1.165, 1.54) is 0 Å². The minimum Gasteiger partial charge on any atom is -0.126 e. The van der Waals surface area contributed by atoms with Crippen molar-refractivity contribution in [3.05, 3.63) is 0 Å². The van der Waals surface area contributed by atoms with Crippen LogP contribution in [0, 0.1) is 0 Å². The zero-order chi connectivity index (χ0) is 4.99. The molecule has 1 atom stereocenters. The Morgan fingerprint density at radius 3 is 2.33 bits per heavy atom. The van der Waals surface area contributed by atoms with Crippen molar-refractivity contribution in [3.8, 4) is 0 Å². The van der Waals surface area contributed by atoms with Gasteiger partial charge < -0.3 is 0 Å². The van der Waals surface area contributed by atoms with E-state index in [1.54, 1.807) is 0 Å². The first kappa shape index (κ1) is 6.77. The van der Waals surface area contributed by atoms with Crippen LogP contribution in [0.25, 0.3) is 0 Å². The summed E-state index contributed by atoms with van der Waals surface area (Å²) in [5.41, 5.74) is 0. The van der Waals surface area contributed by atoms with Gasteiger partial charge in [-0.1, -0.05) is 22.9 Å². The molecular formula is C4H8BrCl. The Labute approximate surface area is 52.0 Å². The van der Waals surface area contributed by atoms with Gasteiger partial charge in [0, 0.05) is 10.7 Å². The minimum absolute atomic E-state index is 0.513. The molecule has 0 radical (unpaired) electrons. The highest BCUT2D eigenvalue weighted by molar-refractivity contribution is 9.09. The Kier molecular flexibility index (Phi) is 4.45. The quantitative estimate of drug-likeness (QED) is 0.560. The van der Waals surface area contributed by atoms with Crippen LogP contribution in [-0.2, 0) is 0 Å². The highest BCUT2D eigenvalue weighted by atomic mass is 79.9. The highest BCUT2D eigenvalue weighted by Crippen LogP contribution is 2.04. The van der Waals surface area contributed by atoms with Crippen molar-refractivity contribution in [1.82, 2.24) is 0 Å². The summed E-state index contributed by atoms with van der Waals surface area (Å²) < 4.78 is 0. The molecule has 0 saturated carbocycles. The molecule has 0 heterocycles. The van der Waals surface area contributed by atoms with Crippen molar-refractivity contribution in [2.75, 3.05) is 5.88 Å². The van der Waals surface area contributed by atoms with Crippen LogP contribution in [0.5, 0.6) is 0 Å². The van der Waals surface area contributed by atoms with Crippen molar-refractivity contribution >= 4 is 27.5 Å². The normalized spacial score (nSPS) is 14.5. The summed E-state index contributed by atoms with van der Waals surface area (Å²) in [7, 11) is 0. The lowest BCUT2D eigenvalue weighted by atomic mass is 10.4. The van der Waals surface area contributed by atoms with E-state index in [4.69, 9.17) is 11.6 Å². The maximum Gasteiger partial charge on any atom is 0.0348 e. The number of alkyl halides is 2. The van der Waals surface area contributed by atoms with Crippen molar-refractivity contribution in [2.45, 2.75) is 18.2 Å². The summed E-state index contributed by atoms with van der Waals surface area (Å²) in [5, 5.41) is 0. The van der Waals surface area contributed by atoms with Gasteiger partial charge in [0.25, 0.3) is 0 Å². The second kappa shape index (κ2) is 3.94. The van der Waals surface area contributed by atoms with Crippen LogP contribution in [0.3, 0.4) is 0 Å². The van der Waals surface area contributed by atoms with Crippen molar-refractivity contribution in [2.24, 2.45) is 0 Å². The van der Waals surface area contributed by atoms with Crippen LogP contribution >= 0.6 is 27.5 Å². The van der Waals surface area contributed by atoms with Gasteiger partial charge in [0.1, 0.15) is 0 Å². The molecule has 0 aromatic rings. The molecule has 0 bridgehead atoms. The number of halogens is 2. The molecule has 0 saturated heterocycles. The lowest BCUT2D eigenvalue weighted by Gasteiger charge is -1.94. The molecule has 0 N–H and O–H groups in total. The molecule has 0 aliphatic heterocycles. The predicted molar refractivity (Wildman–Crippen MR) is 33.7 cm³/mol. The minimum atomic E-state index is 0.513. The van der Waals surface area contributed by atoms with Crippen molar-refractivity contribution in [3.63, 3.8) is 0 Å². The Morgan fingerprint density at radius 2 is 2.33 bits per heavy atom. The van der Waals surface area contributed by atoms with Crippen LogP contribution < -0.4 is 0 Å². The smallest absolute Gasteiger partial charge is 0.0348 e. The molecule has 0 fully saturated rings. The first-order valence-electron chi connectivity index (χ1n) is 2.01. The van der Waals surface area contributed by atoms with Crippen LogP contribution in [-0.4, -0.2) is 10.7 Å². The van der Waals surface area contributed by atoms with Gasteiger partial charge in [-0.3, -0.25) is 0 Å². The molecule has 0 rings (SSSR count). The first-order chi connectivity index (χ1) is 2.81. The Morgan fingerprint density at radius 1 is 1.83 bits per heavy atom. The SMILES string of the molecule is CCC(Br)CCl. The molecule has 0 aliphatic carbocycles. The zero-order valence-corrected chi connectivity index (χ0v) is 6.09. The van der Waals surface area contributed by atoms with Gasteiger partial charge in [0.15, 0.2) is 0 Å². The van der Waals surface area contributed by atoms with E-state index < -0.39 is 0 Å². The molecule has 0 aromatic carbocycles. The van der Waals surface area contributed by atoms with Gasteiger partial charge in [-0.05, 0) is 6.42 Å². The van der Waals surface area contributed by atoms with Crippen LogP contribution in [0.15, 0.2) is 0 Å². The number of hydrogen-bond acceptors (Lipinski definition) is 0. The first-order valence-corrected chi connectivity index (χ1v) is 3.46. The van der Waals surface area contributed by atoms with Gasteiger partial charge in [-0.25, -0.2) is 0 Å². The lowest BCUT2D eigenvalue weighted by Crippen LogP contribution is -1.93. The fraction of sp³-hybridized carbons (Fsp3) is 1.00. The summed E-state index contributed by atoms with van der Waals surface area (Å²) in [6.07, 6.45) is 1.11. The average Bonchev–Trinajstić information content (AvgIpc) is 1.65. The molecule has 1 unspecified atom stereocenters. The summed E-state index contributed by atoms with van der Waals surface area (Å²) >= 11 is 8.75. The Bertz CT molecular complexity index is 26.7. The molecular weight excluding hydrogens is 163 g/mol. The number of hydrogen-bond donors (Lipinski definition) is 0. The van der Waals surface area contributed by atoms with Crippen molar-refractivity contribution in [1.29, 1.82) is 0 Å². The third-order valence-corrected chi connectivity index (χ3v) is 2.33. The van der Waals surface area contributed by atoms with Crippen LogP contribution in [0.4, 0.5) is 0 Å². The molecule has 0 aromatic heterocycles. The van der Waals surface area contributed by atoms with E-state index in [0.29, 0.717) is 4.83 Å². The third kappa shape index (κ3) is 2.98. The zero-order valence-electron chi connectivity index (χ0n) is 3.75. The largest absolute Gasteiger partial charge is 0.126 e. The summed E-state index contributed by atoms with van der Waals surface area (Å²) in [6.45, 7) is 2.10. The van der Waals surface area contributed by atoms with E-state index in [0.717, 1.165) is 12.3 Å². The van der Waals surface area contributed by atoms with E-state index in [9.17, 15) is 0 Å². The molecule has 0 spiro atoms. The van der Waals surface area contributed by atoms with E-state index in [-0.39, 0.29) is 0 Å². The van der Waals surface area contributed by atoms with Gasteiger partial charge in [-0.2, -0.15) is 0 Å². The fourth-order valence-corrected chi connectivity index (χ4v) is 0.327.